The van der Waals surface area contributed by atoms with Crippen molar-refractivity contribution in [2.45, 2.75) is 0 Å². The standard InChI is InChI=1S/C16H12N2.H3O4P/c1-3-7-13-11(5-1)9-15(17-13)16-10-12-6-2-4-8-14(12)18-16;1-5(2,3)4/h1-10,17-18H;(H3,1,2,3,4). The summed E-state index contributed by atoms with van der Waals surface area (Å²) in [7, 11) is -4.64. The minimum atomic E-state index is -4.64. The molecule has 0 bridgehead atoms. The summed E-state index contributed by atoms with van der Waals surface area (Å²) in [5.41, 5.74) is 4.61. The third-order valence-corrected chi connectivity index (χ3v) is 3.35. The van der Waals surface area contributed by atoms with Gasteiger partial charge in [-0.15, -0.1) is 0 Å². The summed E-state index contributed by atoms with van der Waals surface area (Å²) in [5, 5.41) is 2.48. The van der Waals surface area contributed by atoms with Crippen molar-refractivity contribution in [2.24, 2.45) is 0 Å². The Kier molecular flexibility index (Phi) is 4.07. The molecule has 0 radical (unpaired) electrons. The quantitative estimate of drug-likeness (QED) is 0.345. The van der Waals surface area contributed by atoms with Crippen molar-refractivity contribution in [3.63, 3.8) is 0 Å². The lowest BCUT2D eigenvalue weighted by Gasteiger charge is -1.90. The Balaban J connectivity index is 0.000000276. The summed E-state index contributed by atoms with van der Waals surface area (Å²) in [6.45, 7) is 0. The molecule has 23 heavy (non-hydrogen) atoms. The molecule has 4 rings (SSSR count). The van der Waals surface area contributed by atoms with Gasteiger partial charge in [0.25, 0.3) is 0 Å². The van der Waals surface area contributed by atoms with E-state index in [1.54, 1.807) is 0 Å². The van der Waals surface area contributed by atoms with E-state index in [0.29, 0.717) is 0 Å². The van der Waals surface area contributed by atoms with E-state index in [9.17, 15) is 0 Å². The highest BCUT2D eigenvalue weighted by atomic mass is 31.2. The second kappa shape index (κ2) is 6.02. The van der Waals surface area contributed by atoms with Crippen molar-refractivity contribution in [3.05, 3.63) is 60.7 Å². The molecule has 2 aromatic carbocycles. The molecule has 0 saturated carbocycles. The first-order valence-corrected chi connectivity index (χ1v) is 8.41. The summed E-state index contributed by atoms with van der Waals surface area (Å²) < 4.78 is 8.88. The Bertz CT molecular complexity index is 853. The SMILES string of the molecule is O=P(O)(O)O.c1ccc2[nH]c(-c3cc4ccccc4[nH]3)cc2c1. The number of benzene rings is 2. The summed E-state index contributed by atoms with van der Waals surface area (Å²) in [6.07, 6.45) is 0. The number of aromatic nitrogens is 2. The van der Waals surface area contributed by atoms with Crippen LogP contribution in [0.5, 0.6) is 0 Å². The number of rotatable bonds is 1. The molecule has 2 aromatic heterocycles. The fourth-order valence-electron chi connectivity index (χ4n) is 2.44. The van der Waals surface area contributed by atoms with Gasteiger partial charge in [0.2, 0.25) is 0 Å². The number of phosphoric acid groups is 1. The van der Waals surface area contributed by atoms with Crippen LogP contribution >= 0.6 is 7.82 Å². The molecule has 0 spiro atoms. The largest absolute Gasteiger partial charge is 0.466 e. The van der Waals surface area contributed by atoms with Gasteiger partial charge in [0.15, 0.2) is 0 Å². The first kappa shape index (κ1) is 15.5. The Labute approximate surface area is 131 Å². The summed E-state index contributed by atoms with van der Waals surface area (Å²) in [5.74, 6) is 0. The first-order chi connectivity index (χ1) is 10.9. The average molecular weight is 330 g/mol. The highest BCUT2D eigenvalue weighted by Gasteiger charge is 2.05. The Hall–Kier alpha value is -2.37. The topological polar surface area (TPSA) is 109 Å². The maximum Gasteiger partial charge on any atom is 0.466 e. The van der Waals surface area contributed by atoms with E-state index in [0.717, 1.165) is 11.4 Å². The van der Waals surface area contributed by atoms with Crippen molar-refractivity contribution in [3.8, 4) is 11.4 Å². The minimum Gasteiger partial charge on any atom is -0.353 e. The number of nitrogens with one attached hydrogen (secondary N) is 2. The van der Waals surface area contributed by atoms with Gasteiger partial charge in [-0.1, -0.05) is 36.4 Å². The number of H-pyrrole nitrogens is 2. The Morgan fingerprint density at radius 3 is 1.39 bits per heavy atom. The first-order valence-electron chi connectivity index (χ1n) is 6.84. The third kappa shape index (κ3) is 3.88. The number of hydrogen-bond acceptors (Lipinski definition) is 1. The molecule has 4 aromatic rings. The van der Waals surface area contributed by atoms with Crippen molar-refractivity contribution in [1.82, 2.24) is 9.97 Å². The average Bonchev–Trinajstić information content (AvgIpc) is 3.09. The van der Waals surface area contributed by atoms with Crippen LogP contribution in [0.25, 0.3) is 33.2 Å². The van der Waals surface area contributed by atoms with Crippen LogP contribution < -0.4 is 0 Å². The summed E-state index contributed by atoms with van der Waals surface area (Å²) >= 11 is 0. The van der Waals surface area contributed by atoms with E-state index in [-0.39, 0.29) is 0 Å². The second-order valence-corrected chi connectivity index (χ2v) is 6.08. The lowest BCUT2D eigenvalue weighted by atomic mass is 10.2. The van der Waals surface area contributed by atoms with Crippen LogP contribution in [0.3, 0.4) is 0 Å². The molecule has 0 fully saturated rings. The zero-order valence-electron chi connectivity index (χ0n) is 12.0. The molecular weight excluding hydrogens is 315 g/mol. The van der Waals surface area contributed by atoms with Gasteiger partial charge in [0.1, 0.15) is 0 Å². The van der Waals surface area contributed by atoms with Gasteiger partial charge in [-0.2, -0.15) is 0 Å². The molecule has 118 valence electrons. The molecule has 2 heterocycles. The maximum atomic E-state index is 8.88. The van der Waals surface area contributed by atoms with Crippen molar-refractivity contribution in [2.75, 3.05) is 0 Å². The van der Waals surface area contributed by atoms with E-state index >= 15 is 0 Å². The molecule has 0 aliphatic carbocycles. The van der Waals surface area contributed by atoms with E-state index < -0.39 is 7.82 Å². The Morgan fingerprint density at radius 1 is 0.696 bits per heavy atom. The van der Waals surface area contributed by atoms with Gasteiger partial charge in [-0.05, 0) is 24.3 Å². The fourth-order valence-corrected chi connectivity index (χ4v) is 2.44. The van der Waals surface area contributed by atoms with Gasteiger partial charge in [-0.25, -0.2) is 4.57 Å². The van der Waals surface area contributed by atoms with E-state index in [1.165, 1.54) is 21.8 Å². The van der Waals surface area contributed by atoms with Crippen LogP contribution in [0.2, 0.25) is 0 Å². The predicted octanol–water partition coefficient (Wildman–Crippen LogP) is 3.39. The number of fused-ring (bicyclic) bond motifs is 2. The molecule has 0 amide bonds. The van der Waals surface area contributed by atoms with Gasteiger partial charge < -0.3 is 24.6 Å². The van der Waals surface area contributed by atoms with Gasteiger partial charge in [0, 0.05) is 21.8 Å². The van der Waals surface area contributed by atoms with E-state index in [2.05, 4.69) is 58.5 Å². The minimum absolute atomic E-state index is 1.13. The molecule has 5 N–H and O–H groups in total. The van der Waals surface area contributed by atoms with Crippen molar-refractivity contribution in [1.29, 1.82) is 0 Å². The maximum absolute atomic E-state index is 8.88. The Morgan fingerprint density at radius 2 is 1.04 bits per heavy atom. The summed E-state index contributed by atoms with van der Waals surface area (Å²) in [6, 6.07) is 21.0. The second-order valence-electron chi connectivity index (χ2n) is 5.05. The van der Waals surface area contributed by atoms with Crippen LogP contribution in [-0.2, 0) is 4.57 Å². The monoisotopic (exact) mass is 330 g/mol. The molecule has 0 atom stereocenters. The van der Waals surface area contributed by atoms with Crippen molar-refractivity contribution < 1.29 is 19.2 Å². The number of aromatic amines is 2. The normalized spacial score (nSPS) is 11.4. The fraction of sp³-hybridized carbons (Fsp3) is 0. The number of para-hydroxylation sites is 2. The lowest BCUT2D eigenvalue weighted by molar-refractivity contribution is 0.275. The van der Waals surface area contributed by atoms with Crippen LogP contribution in [0.4, 0.5) is 0 Å². The highest BCUT2D eigenvalue weighted by molar-refractivity contribution is 7.45. The highest BCUT2D eigenvalue weighted by Crippen LogP contribution is 2.26. The number of hydrogen-bond donors (Lipinski definition) is 5. The van der Waals surface area contributed by atoms with Gasteiger partial charge >= 0.3 is 7.82 Å². The third-order valence-electron chi connectivity index (χ3n) is 3.35. The zero-order valence-corrected chi connectivity index (χ0v) is 12.9. The molecule has 0 aliphatic rings. The van der Waals surface area contributed by atoms with Gasteiger partial charge in [-0.3, -0.25) is 0 Å². The molecular formula is C16H15N2O4P. The molecule has 6 nitrogen and oxygen atoms in total. The van der Waals surface area contributed by atoms with E-state index in [1.807, 2.05) is 12.1 Å². The molecule has 7 heteroatoms. The van der Waals surface area contributed by atoms with Crippen LogP contribution in [0.15, 0.2) is 60.7 Å². The van der Waals surface area contributed by atoms with Crippen molar-refractivity contribution >= 4 is 29.6 Å². The van der Waals surface area contributed by atoms with Crippen LogP contribution in [-0.4, -0.2) is 24.6 Å². The predicted molar refractivity (Wildman–Crippen MR) is 89.9 cm³/mol. The van der Waals surface area contributed by atoms with Crippen LogP contribution in [0.1, 0.15) is 0 Å². The zero-order chi connectivity index (χ0) is 16.4. The molecule has 0 saturated heterocycles. The lowest BCUT2D eigenvalue weighted by Crippen LogP contribution is -1.74. The molecule has 0 unspecified atom stereocenters. The summed E-state index contributed by atoms with van der Waals surface area (Å²) in [4.78, 5) is 28.4. The smallest absolute Gasteiger partial charge is 0.353 e. The van der Waals surface area contributed by atoms with Gasteiger partial charge in [0.05, 0.1) is 11.4 Å². The molecule has 0 aliphatic heterocycles. The van der Waals surface area contributed by atoms with Crippen LogP contribution in [0, 0.1) is 0 Å². The van der Waals surface area contributed by atoms with E-state index in [4.69, 9.17) is 19.2 Å².